The van der Waals surface area contributed by atoms with Gasteiger partial charge in [-0.25, -0.2) is 4.98 Å². The van der Waals surface area contributed by atoms with Gasteiger partial charge in [-0.1, -0.05) is 49.7 Å². The lowest BCUT2D eigenvalue weighted by molar-refractivity contribution is 0.775. The van der Waals surface area contributed by atoms with E-state index in [1.807, 2.05) is 42.6 Å². The van der Waals surface area contributed by atoms with Gasteiger partial charge in [0.2, 0.25) is 0 Å². The summed E-state index contributed by atoms with van der Waals surface area (Å²) in [6, 6.07) is 18.8. The minimum atomic E-state index is 0.00237. The molecule has 0 aliphatic carbocycles. The van der Waals surface area contributed by atoms with Gasteiger partial charge in [0.25, 0.3) is 5.56 Å². The van der Waals surface area contributed by atoms with Gasteiger partial charge in [-0.05, 0) is 55.0 Å². The minimum Gasteiger partial charge on any atom is -0.381 e. The second kappa shape index (κ2) is 8.52. The normalized spacial score (nSPS) is 16.2. The van der Waals surface area contributed by atoms with Crippen molar-refractivity contribution in [2.24, 2.45) is 0 Å². The number of aryl methyl sites for hydroxylation is 1. The zero-order chi connectivity index (χ0) is 21.2. The molecule has 0 saturated carbocycles. The van der Waals surface area contributed by atoms with Gasteiger partial charge >= 0.3 is 0 Å². The van der Waals surface area contributed by atoms with Gasteiger partial charge in [0.15, 0.2) is 0 Å². The minimum absolute atomic E-state index is 0.00237. The smallest absolute Gasteiger partial charge is 0.266 e. The zero-order valence-corrected chi connectivity index (χ0v) is 17.9. The van der Waals surface area contributed by atoms with E-state index in [2.05, 4.69) is 35.8 Å². The van der Waals surface area contributed by atoms with Gasteiger partial charge in [-0.15, -0.1) is 0 Å². The van der Waals surface area contributed by atoms with Gasteiger partial charge in [0.1, 0.15) is 5.65 Å². The number of rotatable bonds is 6. The van der Waals surface area contributed by atoms with Crippen molar-refractivity contribution >= 4 is 22.1 Å². The molecule has 3 heterocycles. The molecular weight excluding hydrogens is 384 g/mol. The zero-order valence-electron chi connectivity index (χ0n) is 17.9. The van der Waals surface area contributed by atoms with Crippen LogP contribution in [0.3, 0.4) is 0 Å². The first-order valence-electron chi connectivity index (χ1n) is 11.3. The molecule has 0 radical (unpaired) electrons. The first-order valence-corrected chi connectivity index (χ1v) is 11.3. The quantitative estimate of drug-likeness (QED) is 0.453. The van der Waals surface area contributed by atoms with Crippen molar-refractivity contribution in [3.8, 4) is 11.1 Å². The highest BCUT2D eigenvalue weighted by Gasteiger charge is 2.17. The Balaban J connectivity index is 1.61. The summed E-state index contributed by atoms with van der Waals surface area (Å²) in [5, 5.41) is 9.06. The number of hydrogen-bond acceptors (Lipinski definition) is 4. The van der Waals surface area contributed by atoms with E-state index in [4.69, 9.17) is 4.98 Å². The Morgan fingerprint density at radius 1 is 1.13 bits per heavy atom. The monoisotopic (exact) mass is 412 g/mol. The van der Waals surface area contributed by atoms with Crippen molar-refractivity contribution in [1.29, 1.82) is 0 Å². The van der Waals surface area contributed by atoms with E-state index < -0.39 is 0 Å². The van der Waals surface area contributed by atoms with Gasteiger partial charge in [0.05, 0.1) is 11.3 Å². The molecule has 1 aliphatic heterocycles. The van der Waals surface area contributed by atoms with Crippen molar-refractivity contribution in [2.45, 2.75) is 38.6 Å². The van der Waals surface area contributed by atoms with E-state index in [1.54, 1.807) is 4.40 Å². The molecule has 0 spiro atoms. The standard InChI is InChI=1S/C26H28N4O/c1-2-3-8-23-24(19-9-11-20(12-10-19)28-21-13-15-27-17-21)26(31)30-16-14-18-6-4-5-7-22(18)25(30)29-23/h4-7,9-12,14,16,21,27-28H,2-3,8,13,15,17H2,1H3/t21-/m1/s1. The molecule has 4 aromatic rings. The van der Waals surface area contributed by atoms with E-state index in [0.29, 0.717) is 6.04 Å². The second-order valence-corrected chi connectivity index (χ2v) is 8.35. The predicted octanol–water partition coefficient (Wildman–Crippen LogP) is 4.63. The second-order valence-electron chi connectivity index (χ2n) is 8.35. The highest BCUT2D eigenvalue weighted by atomic mass is 16.1. The molecule has 2 aromatic carbocycles. The molecule has 2 aromatic heterocycles. The fourth-order valence-corrected chi connectivity index (χ4v) is 4.47. The van der Waals surface area contributed by atoms with Gasteiger partial charge in [0, 0.05) is 29.9 Å². The van der Waals surface area contributed by atoms with Crippen molar-refractivity contribution in [2.75, 3.05) is 18.4 Å². The van der Waals surface area contributed by atoms with Crippen LogP contribution < -0.4 is 16.2 Å². The average molecular weight is 413 g/mol. The van der Waals surface area contributed by atoms with Crippen molar-refractivity contribution < 1.29 is 0 Å². The molecule has 1 fully saturated rings. The van der Waals surface area contributed by atoms with Crippen LogP contribution in [0, 0.1) is 0 Å². The summed E-state index contributed by atoms with van der Waals surface area (Å²) in [5.41, 5.74) is 4.38. The summed E-state index contributed by atoms with van der Waals surface area (Å²) in [4.78, 5) is 18.6. The Bertz CT molecular complexity index is 1270. The van der Waals surface area contributed by atoms with E-state index >= 15 is 0 Å². The summed E-state index contributed by atoms with van der Waals surface area (Å²) >= 11 is 0. The van der Waals surface area contributed by atoms with E-state index in [1.165, 1.54) is 0 Å². The third-order valence-electron chi connectivity index (χ3n) is 6.17. The highest BCUT2D eigenvalue weighted by Crippen LogP contribution is 2.26. The Morgan fingerprint density at radius 2 is 1.97 bits per heavy atom. The van der Waals surface area contributed by atoms with Crippen LogP contribution in [0.4, 0.5) is 5.69 Å². The lowest BCUT2D eigenvalue weighted by Crippen LogP contribution is -2.22. The molecule has 2 N–H and O–H groups in total. The number of fused-ring (bicyclic) bond motifs is 3. The maximum atomic E-state index is 13.6. The Morgan fingerprint density at radius 3 is 2.74 bits per heavy atom. The molecule has 1 aliphatic rings. The predicted molar refractivity (Wildman–Crippen MR) is 128 cm³/mol. The molecule has 5 nitrogen and oxygen atoms in total. The summed E-state index contributed by atoms with van der Waals surface area (Å²) in [7, 11) is 0. The number of unbranched alkanes of at least 4 members (excludes halogenated alkanes) is 1. The summed E-state index contributed by atoms with van der Waals surface area (Å²) in [6.07, 6.45) is 5.85. The van der Waals surface area contributed by atoms with Crippen molar-refractivity contribution in [3.63, 3.8) is 0 Å². The third-order valence-corrected chi connectivity index (χ3v) is 6.17. The number of nitrogens with zero attached hydrogens (tertiary/aromatic N) is 2. The third kappa shape index (κ3) is 3.81. The topological polar surface area (TPSA) is 58.4 Å². The first kappa shape index (κ1) is 19.8. The lowest BCUT2D eigenvalue weighted by atomic mass is 10.0. The Labute approximate surface area is 182 Å². The SMILES string of the molecule is CCCCc1nc2c3ccccc3ccn2c(=O)c1-c1ccc(N[C@@H]2CCNC2)cc1. The van der Waals surface area contributed by atoms with Crippen LogP contribution in [0.2, 0.25) is 0 Å². The van der Waals surface area contributed by atoms with Gasteiger partial charge in [-0.3, -0.25) is 9.20 Å². The van der Waals surface area contributed by atoms with Crippen LogP contribution >= 0.6 is 0 Å². The fourth-order valence-electron chi connectivity index (χ4n) is 4.47. The Hall–Kier alpha value is -3.18. The summed E-state index contributed by atoms with van der Waals surface area (Å²) in [5.74, 6) is 0. The molecule has 5 rings (SSSR count). The summed E-state index contributed by atoms with van der Waals surface area (Å²) < 4.78 is 1.70. The van der Waals surface area contributed by atoms with Crippen LogP contribution in [-0.4, -0.2) is 28.5 Å². The van der Waals surface area contributed by atoms with Crippen LogP contribution in [0.1, 0.15) is 31.9 Å². The number of aromatic nitrogens is 2. The average Bonchev–Trinajstić information content (AvgIpc) is 3.31. The molecule has 0 unspecified atom stereocenters. The van der Waals surface area contributed by atoms with Crippen LogP contribution in [0.15, 0.2) is 65.6 Å². The lowest BCUT2D eigenvalue weighted by Gasteiger charge is -2.15. The van der Waals surface area contributed by atoms with Crippen LogP contribution in [0.5, 0.6) is 0 Å². The number of anilines is 1. The maximum absolute atomic E-state index is 13.6. The molecule has 1 atom stereocenters. The fraction of sp³-hybridized carbons (Fsp3) is 0.308. The van der Waals surface area contributed by atoms with Gasteiger partial charge < -0.3 is 10.6 Å². The summed E-state index contributed by atoms with van der Waals surface area (Å²) in [6.45, 7) is 4.22. The highest BCUT2D eigenvalue weighted by molar-refractivity contribution is 5.94. The molecular formula is C26H28N4O. The molecule has 0 bridgehead atoms. The number of pyridine rings is 1. The molecule has 1 saturated heterocycles. The molecule has 158 valence electrons. The van der Waals surface area contributed by atoms with Crippen LogP contribution in [-0.2, 0) is 6.42 Å². The van der Waals surface area contributed by atoms with Crippen LogP contribution in [0.25, 0.3) is 27.5 Å². The van der Waals surface area contributed by atoms with Crippen molar-refractivity contribution in [3.05, 3.63) is 76.8 Å². The molecule has 31 heavy (non-hydrogen) atoms. The van der Waals surface area contributed by atoms with Crippen molar-refractivity contribution in [1.82, 2.24) is 14.7 Å². The first-order chi connectivity index (χ1) is 15.2. The van der Waals surface area contributed by atoms with E-state index in [0.717, 1.165) is 77.7 Å². The van der Waals surface area contributed by atoms with Gasteiger partial charge in [-0.2, -0.15) is 0 Å². The number of benzene rings is 2. The van der Waals surface area contributed by atoms with E-state index in [-0.39, 0.29) is 5.56 Å². The molecule has 0 amide bonds. The number of nitrogens with one attached hydrogen (secondary N) is 2. The molecule has 5 heteroatoms. The largest absolute Gasteiger partial charge is 0.381 e. The maximum Gasteiger partial charge on any atom is 0.266 e. The Kier molecular flexibility index (Phi) is 5.43. The van der Waals surface area contributed by atoms with E-state index in [9.17, 15) is 4.79 Å². The number of hydrogen-bond donors (Lipinski definition) is 2.